The van der Waals surface area contributed by atoms with Gasteiger partial charge in [0.2, 0.25) is 0 Å². The van der Waals surface area contributed by atoms with Crippen LogP contribution in [0.25, 0.3) is 0 Å². The summed E-state index contributed by atoms with van der Waals surface area (Å²) in [6, 6.07) is 9.07. The molecule has 1 aromatic rings. The molecule has 4 heteroatoms. The lowest BCUT2D eigenvalue weighted by atomic mass is 9.83. The third-order valence-corrected chi connectivity index (χ3v) is 5.04. The maximum Gasteiger partial charge on any atom is 0.343 e. The van der Waals surface area contributed by atoms with E-state index in [4.69, 9.17) is 4.74 Å². The number of carbonyl (C=O) groups is 1. The van der Waals surface area contributed by atoms with Gasteiger partial charge in [0.05, 0.1) is 6.61 Å². The molecular formula is C17H23NO3. The summed E-state index contributed by atoms with van der Waals surface area (Å²) in [5, 5.41) is 14.2. The van der Waals surface area contributed by atoms with Crippen LogP contribution in [0.1, 0.15) is 19.4 Å². The number of aliphatic hydroxyl groups is 1. The maximum absolute atomic E-state index is 12.5. The second kappa shape index (κ2) is 5.43. The Hall–Kier alpha value is -1.39. The van der Waals surface area contributed by atoms with Gasteiger partial charge in [0.25, 0.3) is 0 Å². The van der Waals surface area contributed by atoms with Crippen molar-refractivity contribution < 1.29 is 14.6 Å². The van der Waals surface area contributed by atoms with Crippen molar-refractivity contribution in [1.29, 1.82) is 0 Å². The molecule has 2 fully saturated rings. The average molecular weight is 289 g/mol. The fourth-order valence-corrected chi connectivity index (χ4v) is 3.45. The lowest BCUT2D eigenvalue weighted by molar-refractivity contribution is -0.173. The lowest BCUT2D eigenvalue weighted by Crippen LogP contribution is -2.42. The van der Waals surface area contributed by atoms with Gasteiger partial charge in [-0.3, -0.25) is 0 Å². The van der Waals surface area contributed by atoms with Gasteiger partial charge in [0.1, 0.15) is 0 Å². The van der Waals surface area contributed by atoms with Crippen LogP contribution in [-0.2, 0) is 15.1 Å². The van der Waals surface area contributed by atoms with Gasteiger partial charge in [-0.15, -0.1) is 0 Å². The molecule has 0 radical (unpaired) electrons. The average Bonchev–Trinajstić information content (AvgIpc) is 2.93. The topological polar surface area (TPSA) is 58.6 Å². The summed E-state index contributed by atoms with van der Waals surface area (Å²) in [7, 11) is 0. The first-order valence-corrected chi connectivity index (χ1v) is 7.71. The van der Waals surface area contributed by atoms with E-state index in [9.17, 15) is 9.90 Å². The zero-order valence-electron chi connectivity index (χ0n) is 12.6. The van der Waals surface area contributed by atoms with Crippen molar-refractivity contribution in [2.24, 2.45) is 23.7 Å². The molecule has 4 nitrogen and oxygen atoms in total. The normalized spacial score (nSPS) is 29.8. The first-order valence-electron chi connectivity index (χ1n) is 7.71. The summed E-state index contributed by atoms with van der Waals surface area (Å²) < 4.78 is 5.47. The molecular weight excluding hydrogens is 266 g/mol. The molecule has 2 aliphatic rings. The Bertz CT molecular complexity index is 506. The van der Waals surface area contributed by atoms with E-state index in [2.05, 4.69) is 5.32 Å². The zero-order valence-corrected chi connectivity index (χ0v) is 12.6. The Labute approximate surface area is 125 Å². The van der Waals surface area contributed by atoms with E-state index in [1.54, 1.807) is 12.1 Å². The highest BCUT2D eigenvalue weighted by Gasteiger charge is 2.54. The minimum Gasteiger partial charge on any atom is -0.463 e. The van der Waals surface area contributed by atoms with Crippen molar-refractivity contribution in [3.63, 3.8) is 0 Å². The second-order valence-electron chi connectivity index (χ2n) is 6.54. The van der Waals surface area contributed by atoms with E-state index < -0.39 is 11.6 Å². The van der Waals surface area contributed by atoms with Crippen LogP contribution in [0.15, 0.2) is 30.3 Å². The van der Waals surface area contributed by atoms with E-state index >= 15 is 0 Å². The Morgan fingerprint density at radius 3 is 2.52 bits per heavy atom. The standard InChI is InChI=1S/C17H23NO3/c1-11(2)17(20,12-6-4-3-5-7-12)16(19)21-10-15-13-8-18-9-14(13)15/h3-7,11,13-15,18,20H,8-10H2,1-2H3/t13-,14+,15?,17-/m0/s1. The molecule has 114 valence electrons. The summed E-state index contributed by atoms with van der Waals surface area (Å²) in [6.07, 6.45) is 0. The highest BCUT2D eigenvalue weighted by molar-refractivity contribution is 5.81. The van der Waals surface area contributed by atoms with Crippen LogP contribution < -0.4 is 5.32 Å². The second-order valence-corrected chi connectivity index (χ2v) is 6.54. The fourth-order valence-electron chi connectivity index (χ4n) is 3.45. The first kappa shape index (κ1) is 14.5. The third-order valence-electron chi connectivity index (χ3n) is 5.04. The summed E-state index contributed by atoms with van der Waals surface area (Å²) in [5.41, 5.74) is -0.966. The minimum atomic E-state index is -1.57. The fraction of sp³-hybridized carbons (Fsp3) is 0.588. The van der Waals surface area contributed by atoms with E-state index in [0.29, 0.717) is 29.9 Å². The lowest BCUT2D eigenvalue weighted by Gasteiger charge is -2.30. The van der Waals surface area contributed by atoms with Crippen molar-refractivity contribution >= 4 is 5.97 Å². The largest absolute Gasteiger partial charge is 0.463 e. The SMILES string of the molecule is CC(C)[C@@](O)(C(=O)OCC1[C@H]2CNC[C@@H]12)c1ccccc1. The Kier molecular flexibility index (Phi) is 3.76. The van der Waals surface area contributed by atoms with Gasteiger partial charge in [0, 0.05) is 5.92 Å². The molecule has 1 saturated heterocycles. The van der Waals surface area contributed by atoms with Gasteiger partial charge >= 0.3 is 5.97 Å². The molecule has 1 aliphatic heterocycles. The number of carbonyl (C=O) groups excluding carboxylic acids is 1. The molecule has 0 spiro atoms. The highest BCUT2D eigenvalue weighted by Crippen LogP contribution is 2.48. The van der Waals surface area contributed by atoms with E-state index in [0.717, 1.165) is 13.1 Å². The quantitative estimate of drug-likeness (QED) is 0.807. The monoisotopic (exact) mass is 289 g/mol. The Balaban J connectivity index is 1.67. The summed E-state index contributed by atoms with van der Waals surface area (Å²) in [6.45, 7) is 6.16. The first-order chi connectivity index (χ1) is 10.0. The van der Waals surface area contributed by atoms with Crippen molar-refractivity contribution in [3.05, 3.63) is 35.9 Å². The molecule has 2 N–H and O–H groups in total. The van der Waals surface area contributed by atoms with Crippen LogP contribution in [0.5, 0.6) is 0 Å². The number of rotatable bonds is 5. The Morgan fingerprint density at radius 2 is 1.95 bits per heavy atom. The predicted molar refractivity (Wildman–Crippen MR) is 79.5 cm³/mol. The highest BCUT2D eigenvalue weighted by atomic mass is 16.5. The third kappa shape index (κ3) is 2.47. The van der Waals surface area contributed by atoms with E-state index in [1.807, 2.05) is 32.0 Å². The van der Waals surface area contributed by atoms with Gasteiger partial charge in [-0.2, -0.15) is 0 Å². The van der Waals surface area contributed by atoms with Crippen LogP contribution in [0.4, 0.5) is 0 Å². The zero-order chi connectivity index (χ0) is 15.0. The predicted octanol–water partition coefficient (Wildman–Crippen LogP) is 1.54. The van der Waals surface area contributed by atoms with Crippen molar-refractivity contribution in [3.8, 4) is 0 Å². The molecule has 0 bridgehead atoms. The molecule has 1 unspecified atom stereocenters. The van der Waals surface area contributed by atoms with Crippen LogP contribution >= 0.6 is 0 Å². The molecule has 1 aromatic carbocycles. The molecule has 3 rings (SSSR count). The summed E-state index contributed by atoms with van der Waals surface area (Å²) in [4.78, 5) is 12.5. The van der Waals surface area contributed by atoms with Gasteiger partial charge in [0.15, 0.2) is 5.60 Å². The number of esters is 1. The number of benzene rings is 1. The van der Waals surface area contributed by atoms with Crippen molar-refractivity contribution in [1.82, 2.24) is 5.32 Å². The number of piperidine rings is 1. The molecule has 21 heavy (non-hydrogen) atoms. The summed E-state index contributed by atoms with van der Waals surface area (Å²) >= 11 is 0. The number of hydrogen-bond acceptors (Lipinski definition) is 4. The number of nitrogens with one attached hydrogen (secondary N) is 1. The molecule has 0 aromatic heterocycles. The van der Waals surface area contributed by atoms with Crippen LogP contribution in [0.2, 0.25) is 0 Å². The number of hydrogen-bond donors (Lipinski definition) is 2. The minimum absolute atomic E-state index is 0.243. The molecule has 1 heterocycles. The van der Waals surface area contributed by atoms with E-state index in [1.165, 1.54) is 0 Å². The van der Waals surface area contributed by atoms with E-state index in [-0.39, 0.29) is 5.92 Å². The van der Waals surface area contributed by atoms with Crippen LogP contribution in [0.3, 0.4) is 0 Å². The molecule has 1 saturated carbocycles. The summed E-state index contributed by atoms with van der Waals surface area (Å²) in [5.74, 6) is 1.01. The van der Waals surface area contributed by atoms with Crippen LogP contribution in [0, 0.1) is 23.7 Å². The maximum atomic E-state index is 12.5. The molecule has 0 amide bonds. The Morgan fingerprint density at radius 1 is 1.33 bits per heavy atom. The molecule has 1 aliphatic carbocycles. The number of ether oxygens (including phenoxy) is 1. The van der Waals surface area contributed by atoms with Gasteiger partial charge < -0.3 is 15.2 Å². The smallest absolute Gasteiger partial charge is 0.343 e. The van der Waals surface area contributed by atoms with Gasteiger partial charge in [-0.25, -0.2) is 4.79 Å². The van der Waals surface area contributed by atoms with Crippen molar-refractivity contribution in [2.75, 3.05) is 19.7 Å². The number of fused-ring (bicyclic) bond motifs is 1. The van der Waals surface area contributed by atoms with Gasteiger partial charge in [-0.1, -0.05) is 44.2 Å². The van der Waals surface area contributed by atoms with Crippen LogP contribution in [-0.4, -0.2) is 30.8 Å². The molecule has 4 atom stereocenters. The van der Waals surface area contributed by atoms with Crippen molar-refractivity contribution in [2.45, 2.75) is 19.4 Å². The van der Waals surface area contributed by atoms with Gasteiger partial charge in [-0.05, 0) is 36.4 Å².